The average molecular weight is 193 g/mol. The van der Waals surface area contributed by atoms with Crippen molar-refractivity contribution in [1.29, 1.82) is 0 Å². The second kappa shape index (κ2) is 3.86. The van der Waals surface area contributed by atoms with E-state index in [1.165, 1.54) is 5.69 Å². The third-order valence-corrected chi connectivity index (χ3v) is 3.09. The SMILES string of the molecule is O=C(O)C1CCCC(c2ccc[nH]2)C1. The van der Waals surface area contributed by atoms with E-state index < -0.39 is 5.97 Å². The molecule has 2 N–H and O–H groups in total. The number of carbonyl (C=O) groups is 1. The monoisotopic (exact) mass is 193 g/mol. The molecule has 1 aliphatic carbocycles. The first-order valence-electron chi connectivity index (χ1n) is 5.13. The summed E-state index contributed by atoms with van der Waals surface area (Å²) in [7, 11) is 0. The van der Waals surface area contributed by atoms with E-state index >= 15 is 0 Å². The van der Waals surface area contributed by atoms with E-state index in [9.17, 15) is 4.79 Å². The van der Waals surface area contributed by atoms with Crippen molar-refractivity contribution in [1.82, 2.24) is 4.98 Å². The molecule has 1 fully saturated rings. The molecule has 3 heteroatoms. The number of aromatic nitrogens is 1. The van der Waals surface area contributed by atoms with Crippen LogP contribution in [0, 0.1) is 5.92 Å². The number of carboxylic acid groups (broad SMARTS) is 1. The fourth-order valence-corrected chi connectivity index (χ4v) is 2.29. The lowest BCUT2D eigenvalue weighted by molar-refractivity contribution is -0.143. The number of aromatic amines is 1. The first-order valence-corrected chi connectivity index (χ1v) is 5.13. The van der Waals surface area contributed by atoms with E-state index in [1.807, 2.05) is 12.3 Å². The summed E-state index contributed by atoms with van der Waals surface area (Å²) in [5.74, 6) is -0.363. The van der Waals surface area contributed by atoms with Crippen LogP contribution in [0.2, 0.25) is 0 Å². The van der Waals surface area contributed by atoms with Gasteiger partial charge in [0.25, 0.3) is 0 Å². The number of hydrogen-bond acceptors (Lipinski definition) is 1. The summed E-state index contributed by atoms with van der Waals surface area (Å²) < 4.78 is 0. The molecule has 1 aromatic rings. The quantitative estimate of drug-likeness (QED) is 0.757. The lowest BCUT2D eigenvalue weighted by atomic mass is 9.80. The summed E-state index contributed by atoms with van der Waals surface area (Å²) in [4.78, 5) is 14.0. The Morgan fingerprint density at radius 2 is 2.36 bits per heavy atom. The number of hydrogen-bond donors (Lipinski definition) is 2. The van der Waals surface area contributed by atoms with Gasteiger partial charge in [0, 0.05) is 11.9 Å². The van der Waals surface area contributed by atoms with Gasteiger partial charge in [0.2, 0.25) is 0 Å². The largest absolute Gasteiger partial charge is 0.481 e. The van der Waals surface area contributed by atoms with Gasteiger partial charge in [0.05, 0.1) is 5.92 Å². The maximum Gasteiger partial charge on any atom is 0.306 e. The van der Waals surface area contributed by atoms with Gasteiger partial charge in [-0.1, -0.05) is 6.42 Å². The number of carboxylic acids is 1. The highest BCUT2D eigenvalue weighted by Gasteiger charge is 2.27. The molecule has 0 aliphatic heterocycles. The molecule has 1 saturated carbocycles. The van der Waals surface area contributed by atoms with Crippen molar-refractivity contribution in [3.8, 4) is 0 Å². The fourth-order valence-electron chi connectivity index (χ4n) is 2.29. The number of nitrogens with one attached hydrogen (secondary N) is 1. The van der Waals surface area contributed by atoms with Gasteiger partial charge in [-0.15, -0.1) is 0 Å². The van der Waals surface area contributed by atoms with Crippen molar-refractivity contribution in [3.05, 3.63) is 24.0 Å². The summed E-state index contributed by atoms with van der Waals surface area (Å²) in [6.07, 6.45) is 5.67. The minimum Gasteiger partial charge on any atom is -0.481 e. The van der Waals surface area contributed by atoms with E-state index in [0.717, 1.165) is 25.7 Å². The van der Waals surface area contributed by atoms with E-state index in [4.69, 9.17) is 5.11 Å². The predicted molar refractivity (Wildman–Crippen MR) is 53.1 cm³/mol. The molecule has 0 spiro atoms. The molecule has 1 aliphatic rings. The third-order valence-electron chi connectivity index (χ3n) is 3.09. The Morgan fingerprint density at radius 1 is 1.50 bits per heavy atom. The minimum absolute atomic E-state index is 0.142. The number of H-pyrrole nitrogens is 1. The van der Waals surface area contributed by atoms with Crippen LogP contribution in [-0.2, 0) is 4.79 Å². The summed E-state index contributed by atoms with van der Waals surface area (Å²) in [5.41, 5.74) is 1.19. The molecule has 2 unspecified atom stereocenters. The number of aliphatic carboxylic acids is 1. The number of rotatable bonds is 2. The molecule has 1 aromatic heterocycles. The van der Waals surface area contributed by atoms with Crippen molar-refractivity contribution in [2.24, 2.45) is 5.92 Å². The van der Waals surface area contributed by atoms with Crippen LogP contribution in [0.4, 0.5) is 0 Å². The standard InChI is InChI=1S/C11H15NO2/c13-11(14)9-4-1-3-8(7-9)10-5-2-6-12-10/h2,5-6,8-9,12H,1,3-4,7H2,(H,13,14). The molecule has 2 rings (SSSR count). The van der Waals surface area contributed by atoms with Gasteiger partial charge in [0.15, 0.2) is 0 Å². The van der Waals surface area contributed by atoms with E-state index in [2.05, 4.69) is 11.1 Å². The maximum atomic E-state index is 10.9. The fraction of sp³-hybridized carbons (Fsp3) is 0.545. The molecular weight excluding hydrogens is 178 g/mol. The van der Waals surface area contributed by atoms with Gasteiger partial charge in [-0.2, -0.15) is 0 Å². The molecule has 1 heterocycles. The zero-order valence-electron chi connectivity index (χ0n) is 8.07. The molecular formula is C11H15NO2. The highest BCUT2D eigenvalue weighted by Crippen LogP contribution is 2.35. The average Bonchev–Trinajstić information content (AvgIpc) is 2.71. The van der Waals surface area contributed by atoms with Crippen LogP contribution in [0.5, 0.6) is 0 Å². The van der Waals surface area contributed by atoms with E-state index in [-0.39, 0.29) is 5.92 Å². The van der Waals surface area contributed by atoms with Crippen molar-refractivity contribution in [2.75, 3.05) is 0 Å². The van der Waals surface area contributed by atoms with Gasteiger partial charge in [-0.25, -0.2) is 0 Å². The second-order valence-corrected chi connectivity index (χ2v) is 4.02. The Bertz CT molecular complexity index is 305. The van der Waals surface area contributed by atoms with Crippen LogP contribution >= 0.6 is 0 Å². The second-order valence-electron chi connectivity index (χ2n) is 4.02. The van der Waals surface area contributed by atoms with Crippen LogP contribution in [0.3, 0.4) is 0 Å². The Kier molecular flexibility index (Phi) is 2.57. The van der Waals surface area contributed by atoms with Crippen LogP contribution in [0.1, 0.15) is 37.3 Å². The van der Waals surface area contributed by atoms with Crippen LogP contribution in [0.25, 0.3) is 0 Å². The summed E-state index contributed by atoms with van der Waals surface area (Å²) in [6, 6.07) is 4.02. The molecule has 76 valence electrons. The predicted octanol–water partition coefficient (Wildman–Crippen LogP) is 2.37. The lowest BCUT2D eigenvalue weighted by Crippen LogP contribution is -2.21. The Hall–Kier alpha value is -1.25. The smallest absolute Gasteiger partial charge is 0.306 e. The van der Waals surface area contributed by atoms with Crippen molar-refractivity contribution in [3.63, 3.8) is 0 Å². The lowest BCUT2D eigenvalue weighted by Gasteiger charge is -2.25. The molecule has 0 radical (unpaired) electrons. The highest BCUT2D eigenvalue weighted by atomic mass is 16.4. The first kappa shape index (κ1) is 9.31. The highest BCUT2D eigenvalue weighted by molar-refractivity contribution is 5.70. The van der Waals surface area contributed by atoms with Crippen LogP contribution in [-0.4, -0.2) is 16.1 Å². The zero-order valence-corrected chi connectivity index (χ0v) is 8.07. The normalized spacial score (nSPS) is 27.4. The van der Waals surface area contributed by atoms with Crippen LogP contribution in [0.15, 0.2) is 18.3 Å². The van der Waals surface area contributed by atoms with Gasteiger partial charge in [-0.05, 0) is 37.3 Å². The molecule has 0 bridgehead atoms. The third kappa shape index (κ3) is 1.81. The van der Waals surface area contributed by atoms with Crippen molar-refractivity contribution < 1.29 is 9.90 Å². The van der Waals surface area contributed by atoms with Crippen LogP contribution < -0.4 is 0 Å². The summed E-state index contributed by atoms with van der Waals surface area (Å²) in [5, 5.41) is 8.94. The van der Waals surface area contributed by atoms with Crippen molar-refractivity contribution >= 4 is 5.97 Å². The molecule has 14 heavy (non-hydrogen) atoms. The van der Waals surface area contributed by atoms with E-state index in [1.54, 1.807) is 0 Å². The Morgan fingerprint density at radius 3 is 3.00 bits per heavy atom. The van der Waals surface area contributed by atoms with Crippen molar-refractivity contribution in [2.45, 2.75) is 31.6 Å². The topological polar surface area (TPSA) is 53.1 Å². The molecule has 0 aromatic carbocycles. The first-order chi connectivity index (χ1) is 6.77. The minimum atomic E-state index is -0.638. The molecule has 2 atom stereocenters. The molecule has 0 amide bonds. The van der Waals surface area contributed by atoms with Gasteiger partial charge in [-0.3, -0.25) is 4.79 Å². The summed E-state index contributed by atoms with van der Waals surface area (Å²) >= 11 is 0. The Labute approximate surface area is 83.1 Å². The molecule has 3 nitrogen and oxygen atoms in total. The molecule has 0 saturated heterocycles. The summed E-state index contributed by atoms with van der Waals surface area (Å²) in [6.45, 7) is 0. The van der Waals surface area contributed by atoms with Gasteiger partial charge >= 0.3 is 5.97 Å². The van der Waals surface area contributed by atoms with E-state index in [0.29, 0.717) is 5.92 Å². The van der Waals surface area contributed by atoms with Gasteiger partial charge in [0.1, 0.15) is 0 Å². The van der Waals surface area contributed by atoms with Gasteiger partial charge < -0.3 is 10.1 Å². The Balaban J connectivity index is 2.04. The zero-order chi connectivity index (χ0) is 9.97. The maximum absolute atomic E-state index is 10.9.